The Balaban J connectivity index is 2.05. The molecule has 1 aliphatic heterocycles. The van der Waals surface area contributed by atoms with Gasteiger partial charge >= 0.3 is 0 Å². The first-order valence-corrected chi connectivity index (χ1v) is 3.42. The van der Waals surface area contributed by atoms with E-state index in [1.165, 1.54) is 6.34 Å². The number of pyridine rings is 1. The standard InChI is InChI=1S/C7H6N5/c1-3-8-4-2-6(1)11-7-9-5-10-12-7/h1-5H,(H,8,11,12). The third-order valence-corrected chi connectivity index (χ3v) is 1.32. The van der Waals surface area contributed by atoms with E-state index in [0.29, 0.717) is 5.96 Å². The normalized spacial score (nSPS) is 13.8. The molecule has 2 rings (SSSR count). The van der Waals surface area contributed by atoms with E-state index in [-0.39, 0.29) is 0 Å². The van der Waals surface area contributed by atoms with E-state index < -0.39 is 0 Å². The van der Waals surface area contributed by atoms with Gasteiger partial charge in [0.25, 0.3) is 0 Å². The van der Waals surface area contributed by atoms with Gasteiger partial charge in [-0.15, -0.1) is 10.2 Å². The third-order valence-electron chi connectivity index (χ3n) is 1.32. The predicted molar refractivity (Wildman–Crippen MR) is 45.9 cm³/mol. The quantitative estimate of drug-likeness (QED) is 0.646. The Morgan fingerprint density at radius 3 is 2.67 bits per heavy atom. The molecular formula is C7H6N5. The summed E-state index contributed by atoms with van der Waals surface area (Å²) in [6, 6.07) is 3.66. The summed E-state index contributed by atoms with van der Waals surface area (Å²) in [6.07, 6.45) is 4.78. The van der Waals surface area contributed by atoms with Crippen LogP contribution in [0.1, 0.15) is 0 Å². The first-order chi connectivity index (χ1) is 5.95. The Bertz CT molecular complexity index is 316. The van der Waals surface area contributed by atoms with Crippen LogP contribution in [0.2, 0.25) is 0 Å². The second-order valence-electron chi connectivity index (χ2n) is 2.14. The Hall–Kier alpha value is -1.91. The van der Waals surface area contributed by atoms with Crippen molar-refractivity contribution >= 4 is 18.0 Å². The van der Waals surface area contributed by atoms with Gasteiger partial charge in [0, 0.05) is 18.1 Å². The van der Waals surface area contributed by atoms with Crippen molar-refractivity contribution in [1.82, 2.24) is 10.3 Å². The molecule has 1 N–H and O–H groups in total. The summed E-state index contributed by atoms with van der Waals surface area (Å²) in [5.41, 5.74) is 0.901. The van der Waals surface area contributed by atoms with E-state index >= 15 is 0 Å². The fraction of sp³-hybridized carbons (Fsp3) is 0. The Morgan fingerprint density at radius 1 is 1.17 bits per heavy atom. The SMILES string of the molecule is C1=NN=C(Nc2ccncc2)[N]1. The first kappa shape index (κ1) is 6.78. The lowest BCUT2D eigenvalue weighted by Gasteiger charge is -2.01. The molecular weight excluding hydrogens is 154 g/mol. The fourth-order valence-electron chi connectivity index (χ4n) is 0.808. The van der Waals surface area contributed by atoms with E-state index in [9.17, 15) is 0 Å². The number of nitrogens with zero attached hydrogens (tertiary/aromatic N) is 4. The third kappa shape index (κ3) is 1.39. The summed E-state index contributed by atoms with van der Waals surface area (Å²) in [7, 11) is 0. The molecule has 0 aliphatic carbocycles. The van der Waals surface area contributed by atoms with Gasteiger partial charge in [-0.05, 0) is 12.1 Å². The number of nitrogens with one attached hydrogen (secondary N) is 1. The van der Waals surface area contributed by atoms with Crippen LogP contribution in [-0.4, -0.2) is 17.3 Å². The van der Waals surface area contributed by atoms with Crippen LogP contribution < -0.4 is 10.6 Å². The van der Waals surface area contributed by atoms with Gasteiger partial charge in [-0.1, -0.05) is 0 Å². The number of guanidine groups is 1. The molecule has 2 heterocycles. The molecule has 5 nitrogen and oxygen atoms in total. The molecule has 5 heteroatoms. The number of anilines is 1. The van der Waals surface area contributed by atoms with Gasteiger partial charge in [0.1, 0.15) is 6.34 Å². The highest BCUT2D eigenvalue weighted by atomic mass is 15.4. The zero-order chi connectivity index (χ0) is 8.23. The molecule has 0 amide bonds. The number of aromatic nitrogens is 1. The van der Waals surface area contributed by atoms with Gasteiger partial charge in [0.15, 0.2) is 0 Å². The fourth-order valence-corrected chi connectivity index (χ4v) is 0.808. The van der Waals surface area contributed by atoms with E-state index in [4.69, 9.17) is 0 Å². The summed E-state index contributed by atoms with van der Waals surface area (Å²) in [5, 5.41) is 14.1. The zero-order valence-corrected chi connectivity index (χ0v) is 6.18. The van der Waals surface area contributed by atoms with Crippen LogP contribution in [0.4, 0.5) is 5.69 Å². The smallest absolute Gasteiger partial charge is 0.248 e. The monoisotopic (exact) mass is 160 g/mol. The summed E-state index contributed by atoms with van der Waals surface area (Å²) in [4.78, 5) is 3.88. The van der Waals surface area contributed by atoms with Gasteiger partial charge in [-0.2, -0.15) is 5.32 Å². The number of hydrogen-bond donors (Lipinski definition) is 1. The lowest BCUT2D eigenvalue weighted by Crippen LogP contribution is -2.19. The molecule has 0 saturated heterocycles. The highest BCUT2D eigenvalue weighted by Gasteiger charge is 2.02. The minimum absolute atomic E-state index is 0.501. The van der Waals surface area contributed by atoms with E-state index in [0.717, 1.165) is 5.69 Å². The summed E-state index contributed by atoms with van der Waals surface area (Å²) in [6.45, 7) is 0. The van der Waals surface area contributed by atoms with E-state index in [2.05, 4.69) is 25.8 Å². The summed E-state index contributed by atoms with van der Waals surface area (Å²) in [5.74, 6) is 0.501. The van der Waals surface area contributed by atoms with Crippen molar-refractivity contribution in [2.75, 3.05) is 5.32 Å². The van der Waals surface area contributed by atoms with Crippen LogP contribution >= 0.6 is 0 Å². The highest BCUT2D eigenvalue weighted by molar-refractivity contribution is 6.01. The lowest BCUT2D eigenvalue weighted by molar-refractivity contribution is 1.26. The maximum atomic E-state index is 3.88. The van der Waals surface area contributed by atoms with Crippen LogP contribution in [0.15, 0.2) is 34.7 Å². The predicted octanol–water partition coefficient (Wildman–Crippen LogP) is 0.411. The van der Waals surface area contributed by atoms with Crippen molar-refractivity contribution < 1.29 is 0 Å². The van der Waals surface area contributed by atoms with Crippen LogP contribution in [-0.2, 0) is 0 Å². The molecule has 0 saturated carbocycles. The second kappa shape index (κ2) is 3.00. The van der Waals surface area contributed by atoms with E-state index in [1.54, 1.807) is 12.4 Å². The van der Waals surface area contributed by atoms with Gasteiger partial charge in [-0.3, -0.25) is 4.98 Å². The maximum absolute atomic E-state index is 3.88. The van der Waals surface area contributed by atoms with Crippen LogP contribution in [0.5, 0.6) is 0 Å². The van der Waals surface area contributed by atoms with Gasteiger partial charge in [0.05, 0.1) is 0 Å². The van der Waals surface area contributed by atoms with Crippen molar-refractivity contribution in [2.24, 2.45) is 10.2 Å². The van der Waals surface area contributed by atoms with Crippen molar-refractivity contribution in [1.29, 1.82) is 0 Å². The van der Waals surface area contributed by atoms with Crippen LogP contribution in [0.3, 0.4) is 0 Å². The molecule has 0 spiro atoms. The molecule has 1 aromatic rings. The molecule has 0 atom stereocenters. The first-order valence-electron chi connectivity index (χ1n) is 3.42. The minimum Gasteiger partial charge on any atom is -0.323 e. The molecule has 1 aliphatic rings. The van der Waals surface area contributed by atoms with Crippen molar-refractivity contribution in [3.05, 3.63) is 24.5 Å². The van der Waals surface area contributed by atoms with Crippen molar-refractivity contribution in [2.45, 2.75) is 0 Å². The van der Waals surface area contributed by atoms with Gasteiger partial charge < -0.3 is 5.32 Å². The van der Waals surface area contributed by atoms with Crippen molar-refractivity contribution in [3.8, 4) is 0 Å². The molecule has 0 aromatic carbocycles. The van der Waals surface area contributed by atoms with Gasteiger partial charge in [-0.25, -0.2) is 0 Å². The number of rotatable bonds is 1. The topological polar surface area (TPSA) is 63.7 Å². The molecule has 1 radical (unpaired) electrons. The minimum atomic E-state index is 0.501. The summed E-state index contributed by atoms with van der Waals surface area (Å²) < 4.78 is 0. The molecule has 0 unspecified atom stereocenters. The molecule has 59 valence electrons. The van der Waals surface area contributed by atoms with E-state index in [1.807, 2.05) is 12.1 Å². The average Bonchev–Trinajstić information content (AvgIpc) is 2.59. The average molecular weight is 160 g/mol. The largest absolute Gasteiger partial charge is 0.323 e. The van der Waals surface area contributed by atoms with Crippen LogP contribution in [0.25, 0.3) is 0 Å². The Morgan fingerprint density at radius 2 is 2.00 bits per heavy atom. The molecule has 1 aromatic heterocycles. The van der Waals surface area contributed by atoms with Crippen molar-refractivity contribution in [3.63, 3.8) is 0 Å². The maximum Gasteiger partial charge on any atom is 0.248 e. The summed E-state index contributed by atoms with van der Waals surface area (Å²) >= 11 is 0. The lowest BCUT2D eigenvalue weighted by atomic mass is 10.4. The number of hydrogen-bond acceptors (Lipinski definition) is 4. The van der Waals surface area contributed by atoms with Crippen LogP contribution in [0, 0.1) is 0 Å². The highest BCUT2D eigenvalue weighted by Crippen LogP contribution is 2.03. The molecule has 0 fully saturated rings. The Kier molecular flexibility index (Phi) is 1.69. The molecule has 0 bridgehead atoms. The second-order valence-corrected chi connectivity index (χ2v) is 2.14. The van der Waals surface area contributed by atoms with Gasteiger partial charge in [0.2, 0.25) is 5.96 Å². The Labute approximate surface area is 69.2 Å². The molecule has 12 heavy (non-hydrogen) atoms. The zero-order valence-electron chi connectivity index (χ0n) is 6.18.